The zero-order valence-corrected chi connectivity index (χ0v) is 12.9. The van der Waals surface area contributed by atoms with Crippen LogP contribution in [-0.4, -0.2) is 67.6 Å². The Morgan fingerprint density at radius 3 is 2.68 bits per heavy atom. The van der Waals surface area contributed by atoms with Gasteiger partial charge in [0.25, 0.3) is 10.2 Å². The zero-order valence-electron chi connectivity index (χ0n) is 12.1. The number of hydrogen-bond donors (Lipinski definition) is 1. The number of likely N-dealkylation sites (N-methyl/N-ethyl adjacent to an activating group) is 1. The topological polar surface area (TPSA) is 70.1 Å². The summed E-state index contributed by atoms with van der Waals surface area (Å²) in [6.45, 7) is 4.80. The molecule has 1 rings (SSSR count). The predicted molar refractivity (Wildman–Crippen MR) is 74.1 cm³/mol. The Morgan fingerprint density at radius 1 is 1.47 bits per heavy atom. The van der Waals surface area contributed by atoms with Gasteiger partial charge in [0, 0.05) is 32.3 Å². The lowest BCUT2D eigenvalue weighted by Crippen LogP contribution is -2.54. The smallest absolute Gasteiger partial charge is 0.282 e. The number of aliphatic hydroxyl groups is 1. The van der Waals surface area contributed by atoms with Crippen molar-refractivity contribution in [2.75, 3.05) is 33.4 Å². The molecule has 1 aliphatic heterocycles. The van der Waals surface area contributed by atoms with Gasteiger partial charge in [0.2, 0.25) is 0 Å². The molecule has 0 saturated carbocycles. The molecule has 7 heteroatoms. The molecule has 1 saturated heterocycles. The average molecular weight is 294 g/mol. The highest BCUT2D eigenvalue weighted by Gasteiger charge is 2.37. The van der Waals surface area contributed by atoms with Crippen LogP contribution in [0, 0.1) is 0 Å². The Morgan fingerprint density at radius 2 is 2.16 bits per heavy atom. The number of piperidine rings is 1. The summed E-state index contributed by atoms with van der Waals surface area (Å²) in [4.78, 5) is 0. The SMILES string of the molecule is CCN(C(C)COC)S(=O)(=O)N1CCCCC1CO. The summed E-state index contributed by atoms with van der Waals surface area (Å²) in [7, 11) is -1.97. The molecule has 2 unspecified atom stereocenters. The molecule has 1 N–H and O–H groups in total. The molecule has 114 valence electrons. The summed E-state index contributed by atoms with van der Waals surface area (Å²) in [5.41, 5.74) is 0. The number of methoxy groups -OCH3 is 1. The van der Waals surface area contributed by atoms with Gasteiger partial charge in [-0.25, -0.2) is 0 Å². The highest BCUT2D eigenvalue weighted by Crippen LogP contribution is 2.23. The van der Waals surface area contributed by atoms with E-state index in [0.29, 0.717) is 19.7 Å². The first-order valence-corrected chi connectivity index (χ1v) is 8.27. The third kappa shape index (κ3) is 3.88. The number of rotatable bonds is 7. The highest BCUT2D eigenvalue weighted by molar-refractivity contribution is 7.86. The fourth-order valence-electron chi connectivity index (χ4n) is 2.62. The molecule has 6 nitrogen and oxygen atoms in total. The maximum atomic E-state index is 12.7. The fraction of sp³-hybridized carbons (Fsp3) is 1.00. The van der Waals surface area contributed by atoms with Crippen LogP contribution in [-0.2, 0) is 14.9 Å². The summed E-state index contributed by atoms with van der Waals surface area (Å²) in [5.74, 6) is 0. The molecule has 0 aromatic heterocycles. The van der Waals surface area contributed by atoms with E-state index in [2.05, 4.69) is 0 Å². The van der Waals surface area contributed by atoms with Gasteiger partial charge >= 0.3 is 0 Å². The van der Waals surface area contributed by atoms with Crippen LogP contribution in [0.2, 0.25) is 0 Å². The van der Waals surface area contributed by atoms with Gasteiger partial charge in [-0.15, -0.1) is 0 Å². The molecule has 0 amide bonds. The van der Waals surface area contributed by atoms with Gasteiger partial charge in [0.1, 0.15) is 0 Å². The average Bonchev–Trinajstić information content (AvgIpc) is 2.39. The van der Waals surface area contributed by atoms with Gasteiger partial charge in [-0.3, -0.25) is 0 Å². The van der Waals surface area contributed by atoms with E-state index in [1.807, 2.05) is 13.8 Å². The van der Waals surface area contributed by atoms with E-state index in [-0.39, 0.29) is 18.7 Å². The first kappa shape index (κ1) is 16.8. The van der Waals surface area contributed by atoms with Crippen molar-refractivity contribution in [3.8, 4) is 0 Å². The minimum Gasteiger partial charge on any atom is -0.395 e. The van der Waals surface area contributed by atoms with Crippen molar-refractivity contribution in [2.24, 2.45) is 0 Å². The fourth-order valence-corrected chi connectivity index (χ4v) is 4.64. The van der Waals surface area contributed by atoms with Gasteiger partial charge in [0.15, 0.2) is 0 Å². The second-order valence-electron chi connectivity index (χ2n) is 4.96. The summed E-state index contributed by atoms with van der Waals surface area (Å²) in [6.07, 6.45) is 2.55. The van der Waals surface area contributed by atoms with Crippen LogP contribution in [0.3, 0.4) is 0 Å². The van der Waals surface area contributed by atoms with Crippen molar-refractivity contribution in [1.29, 1.82) is 0 Å². The van der Waals surface area contributed by atoms with Crippen LogP contribution in [0.4, 0.5) is 0 Å². The zero-order chi connectivity index (χ0) is 14.5. The third-order valence-corrected chi connectivity index (χ3v) is 5.87. The van der Waals surface area contributed by atoms with Gasteiger partial charge in [0.05, 0.1) is 13.2 Å². The Hall–Kier alpha value is -0.210. The molecular formula is C12H26N2O4S. The van der Waals surface area contributed by atoms with Crippen LogP contribution in [0.5, 0.6) is 0 Å². The molecule has 0 radical (unpaired) electrons. The molecule has 19 heavy (non-hydrogen) atoms. The van der Waals surface area contributed by atoms with Crippen molar-refractivity contribution in [3.63, 3.8) is 0 Å². The molecule has 2 atom stereocenters. The van der Waals surface area contributed by atoms with E-state index in [1.165, 1.54) is 8.61 Å². The maximum absolute atomic E-state index is 12.7. The molecule has 0 aromatic carbocycles. The van der Waals surface area contributed by atoms with Crippen molar-refractivity contribution in [3.05, 3.63) is 0 Å². The van der Waals surface area contributed by atoms with Crippen molar-refractivity contribution in [2.45, 2.75) is 45.2 Å². The molecule has 0 aliphatic carbocycles. The Kier molecular flexibility index (Phi) is 6.68. The summed E-state index contributed by atoms with van der Waals surface area (Å²) in [5, 5.41) is 9.37. The van der Waals surface area contributed by atoms with Crippen molar-refractivity contribution in [1.82, 2.24) is 8.61 Å². The van der Waals surface area contributed by atoms with Crippen LogP contribution in [0.15, 0.2) is 0 Å². The summed E-state index contributed by atoms with van der Waals surface area (Å²) in [6, 6.07) is -0.496. The molecule has 0 spiro atoms. The summed E-state index contributed by atoms with van der Waals surface area (Å²) < 4.78 is 33.3. The van der Waals surface area contributed by atoms with Crippen molar-refractivity contribution < 1.29 is 18.3 Å². The van der Waals surface area contributed by atoms with Crippen LogP contribution >= 0.6 is 0 Å². The lowest BCUT2D eigenvalue weighted by atomic mass is 10.1. The maximum Gasteiger partial charge on any atom is 0.282 e. The quantitative estimate of drug-likeness (QED) is 0.739. The predicted octanol–water partition coefficient (Wildman–Crippen LogP) is 0.435. The molecule has 1 aliphatic rings. The van der Waals surface area contributed by atoms with Gasteiger partial charge < -0.3 is 9.84 Å². The molecular weight excluding hydrogens is 268 g/mol. The number of hydrogen-bond acceptors (Lipinski definition) is 4. The van der Waals surface area contributed by atoms with E-state index in [9.17, 15) is 13.5 Å². The number of ether oxygens (including phenoxy) is 1. The van der Waals surface area contributed by atoms with Gasteiger partial charge in [-0.05, 0) is 19.8 Å². The molecule has 0 aromatic rings. The van der Waals surface area contributed by atoms with E-state index in [4.69, 9.17) is 4.74 Å². The van der Waals surface area contributed by atoms with Crippen molar-refractivity contribution >= 4 is 10.2 Å². The second-order valence-corrected chi connectivity index (χ2v) is 6.79. The largest absolute Gasteiger partial charge is 0.395 e. The van der Waals surface area contributed by atoms with E-state index < -0.39 is 10.2 Å². The van der Waals surface area contributed by atoms with Gasteiger partial charge in [-0.1, -0.05) is 13.3 Å². The number of nitrogens with zero attached hydrogens (tertiary/aromatic N) is 2. The lowest BCUT2D eigenvalue weighted by molar-refractivity contribution is 0.122. The Balaban J connectivity index is 2.92. The first-order valence-electron chi connectivity index (χ1n) is 6.87. The monoisotopic (exact) mass is 294 g/mol. The standard InChI is InChI=1S/C12H26N2O4S/c1-4-13(11(2)10-18-3)19(16,17)14-8-6-5-7-12(14)9-15/h11-12,15H,4-10H2,1-3H3. The molecule has 1 heterocycles. The minimum atomic E-state index is -3.53. The Labute approximate surface area is 116 Å². The molecule has 1 fully saturated rings. The van der Waals surface area contributed by atoms with Crippen LogP contribution < -0.4 is 0 Å². The van der Waals surface area contributed by atoms with E-state index in [0.717, 1.165) is 19.3 Å². The van der Waals surface area contributed by atoms with Crippen LogP contribution in [0.1, 0.15) is 33.1 Å². The normalized spacial score (nSPS) is 23.7. The lowest BCUT2D eigenvalue weighted by Gasteiger charge is -2.38. The molecule has 0 bridgehead atoms. The third-order valence-electron chi connectivity index (χ3n) is 3.59. The summed E-state index contributed by atoms with van der Waals surface area (Å²) >= 11 is 0. The first-order chi connectivity index (χ1) is 8.98. The highest BCUT2D eigenvalue weighted by atomic mass is 32.2. The minimum absolute atomic E-state index is 0.116. The van der Waals surface area contributed by atoms with E-state index in [1.54, 1.807) is 7.11 Å². The van der Waals surface area contributed by atoms with Crippen LogP contribution in [0.25, 0.3) is 0 Å². The second kappa shape index (κ2) is 7.54. The van der Waals surface area contributed by atoms with Gasteiger partial charge in [-0.2, -0.15) is 17.0 Å². The number of aliphatic hydroxyl groups excluding tert-OH is 1. The van der Waals surface area contributed by atoms with E-state index >= 15 is 0 Å². The Bertz CT molecular complexity index is 361.